The van der Waals surface area contributed by atoms with E-state index >= 15 is 0 Å². The number of nitrogens with one attached hydrogen (secondary N) is 1. The fourth-order valence-corrected chi connectivity index (χ4v) is 4.75. The summed E-state index contributed by atoms with van der Waals surface area (Å²) < 4.78 is 5.93. The topological polar surface area (TPSA) is 65.8 Å². The predicted molar refractivity (Wildman–Crippen MR) is 124 cm³/mol. The van der Waals surface area contributed by atoms with Crippen LogP contribution in [0.25, 0.3) is 0 Å². The Labute approximate surface area is 191 Å². The van der Waals surface area contributed by atoms with Gasteiger partial charge in [0.15, 0.2) is 5.76 Å². The summed E-state index contributed by atoms with van der Waals surface area (Å²) in [6.07, 6.45) is 8.80. The molecule has 32 heavy (non-hydrogen) atoms. The quantitative estimate of drug-likeness (QED) is 0.644. The summed E-state index contributed by atoms with van der Waals surface area (Å²) in [7, 11) is 0. The second-order valence-corrected chi connectivity index (χ2v) is 9.11. The Balaban J connectivity index is 1.40. The van der Waals surface area contributed by atoms with Crippen LogP contribution in [0.1, 0.15) is 66.8 Å². The number of amides is 2. The van der Waals surface area contributed by atoms with Crippen LogP contribution in [0.2, 0.25) is 0 Å². The van der Waals surface area contributed by atoms with Crippen molar-refractivity contribution >= 4 is 11.8 Å². The van der Waals surface area contributed by atoms with Crippen molar-refractivity contribution in [1.82, 2.24) is 15.1 Å². The van der Waals surface area contributed by atoms with E-state index in [1.165, 1.54) is 19.3 Å². The number of nitrogens with zero attached hydrogens (tertiary/aromatic N) is 2. The van der Waals surface area contributed by atoms with Gasteiger partial charge in [-0.25, -0.2) is 0 Å². The van der Waals surface area contributed by atoms with Gasteiger partial charge in [0.05, 0.1) is 13.1 Å². The first-order valence-corrected chi connectivity index (χ1v) is 12.1. The fraction of sp³-hybridized carbons (Fsp3) is 0.538. The van der Waals surface area contributed by atoms with Crippen LogP contribution < -0.4 is 5.32 Å². The average molecular weight is 438 g/mol. The largest absolute Gasteiger partial charge is 0.455 e. The molecule has 2 heterocycles. The molecular weight excluding hydrogens is 402 g/mol. The van der Waals surface area contributed by atoms with Gasteiger partial charge in [-0.15, -0.1) is 0 Å². The molecule has 4 rings (SSSR count). The molecule has 1 aliphatic carbocycles. The lowest BCUT2D eigenvalue weighted by Crippen LogP contribution is -2.44. The lowest BCUT2D eigenvalue weighted by atomic mass is 10.1. The molecule has 0 spiro atoms. The van der Waals surface area contributed by atoms with Crippen LogP contribution in [0.5, 0.6) is 0 Å². The Kier molecular flexibility index (Phi) is 7.99. The molecule has 1 aromatic heterocycles. The number of likely N-dealkylation sites (tertiary alicyclic amines) is 1. The van der Waals surface area contributed by atoms with Crippen molar-refractivity contribution in [3.05, 3.63) is 59.5 Å². The normalized spacial score (nSPS) is 17.4. The van der Waals surface area contributed by atoms with Crippen molar-refractivity contribution in [3.8, 4) is 0 Å². The molecule has 2 amide bonds. The van der Waals surface area contributed by atoms with Crippen molar-refractivity contribution in [2.45, 2.75) is 64.0 Å². The van der Waals surface area contributed by atoms with E-state index in [1.54, 1.807) is 11.0 Å². The Hall–Kier alpha value is -2.60. The molecule has 1 aromatic carbocycles. The van der Waals surface area contributed by atoms with Crippen LogP contribution in [-0.4, -0.2) is 53.8 Å². The maximum Gasteiger partial charge on any atom is 0.290 e. The lowest BCUT2D eigenvalue weighted by Gasteiger charge is -2.25. The van der Waals surface area contributed by atoms with Gasteiger partial charge in [0.25, 0.3) is 5.91 Å². The summed E-state index contributed by atoms with van der Waals surface area (Å²) >= 11 is 0. The Morgan fingerprint density at radius 1 is 0.969 bits per heavy atom. The number of piperidine rings is 1. The SMILES string of the molecule is O=C(CN(CCc1ccccc1)C(=O)c1ccc(CN2CCCCC2)o1)NC1CCCC1. The molecule has 6 nitrogen and oxygen atoms in total. The number of carbonyl (C=O) groups excluding carboxylic acids is 2. The number of furan rings is 1. The third-order valence-corrected chi connectivity index (χ3v) is 6.56. The number of rotatable bonds is 9. The Bertz CT molecular complexity index is 867. The first-order valence-electron chi connectivity index (χ1n) is 12.1. The molecule has 2 aromatic rings. The first kappa shape index (κ1) is 22.6. The van der Waals surface area contributed by atoms with E-state index in [0.29, 0.717) is 18.7 Å². The van der Waals surface area contributed by atoms with E-state index < -0.39 is 0 Å². The van der Waals surface area contributed by atoms with Crippen LogP contribution in [0.15, 0.2) is 46.9 Å². The van der Waals surface area contributed by atoms with E-state index in [-0.39, 0.29) is 24.4 Å². The van der Waals surface area contributed by atoms with Crippen LogP contribution in [0, 0.1) is 0 Å². The van der Waals surface area contributed by atoms with Gasteiger partial charge in [0, 0.05) is 12.6 Å². The summed E-state index contributed by atoms with van der Waals surface area (Å²) in [6, 6.07) is 14.0. The van der Waals surface area contributed by atoms with Crippen molar-refractivity contribution in [2.75, 3.05) is 26.2 Å². The number of hydrogen-bond donors (Lipinski definition) is 1. The minimum Gasteiger partial charge on any atom is -0.455 e. The van der Waals surface area contributed by atoms with Gasteiger partial charge >= 0.3 is 0 Å². The molecule has 0 bridgehead atoms. The fourth-order valence-electron chi connectivity index (χ4n) is 4.75. The van der Waals surface area contributed by atoms with Crippen molar-refractivity contribution < 1.29 is 14.0 Å². The zero-order valence-electron chi connectivity index (χ0n) is 18.9. The maximum absolute atomic E-state index is 13.3. The van der Waals surface area contributed by atoms with Gasteiger partial charge in [0.2, 0.25) is 5.91 Å². The van der Waals surface area contributed by atoms with Crippen LogP contribution in [-0.2, 0) is 17.8 Å². The van der Waals surface area contributed by atoms with Gasteiger partial charge in [-0.3, -0.25) is 14.5 Å². The predicted octanol–water partition coefficient (Wildman–Crippen LogP) is 4.01. The van der Waals surface area contributed by atoms with E-state index in [4.69, 9.17) is 4.42 Å². The number of hydrogen-bond acceptors (Lipinski definition) is 4. The highest BCUT2D eigenvalue weighted by Crippen LogP contribution is 2.19. The molecule has 6 heteroatoms. The van der Waals surface area contributed by atoms with Crippen molar-refractivity contribution in [3.63, 3.8) is 0 Å². The van der Waals surface area contributed by atoms with Crippen LogP contribution >= 0.6 is 0 Å². The second-order valence-electron chi connectivity index (χ2n) is 9.11. The Morgan fingerprint density at radius 3 is 2.47 bits per heavy atom. The molecule has 0 atom stereocenters. The highest BCUT2D eigenvalue weighted by Gasteiger charge is 2.24. The summed E-state index contributed by atoms with van der Waals surface area (Å²) in [5.41, 5.74) is 1.15. The summed E-state index contributed by atoms with van der Waals surface area (Å²) in [5, 5.41) is 3.10. The molecule has 0 radical (unpaired) electrons. The molecule has 1 N–H and O–H groups in total. The monoisotopic (exact) mass is 437 g/mol. The third kappa shape index (κ3) is 6.45. The molecule has 1 aliphatic heterocycles. The molecule has 2 fully saturated rings. The van der Waals surface area contributed by atoms with Gasteiger partial charge in [-0.1, -0.05) is 49.6 Å². The van der Waals surface area contributed by atoms with E-state index in [1.807, 2.05) is 36.4 Å². The van der Waals surface area contributed by atoms with E-state index in [2.05, 4.69) is 10.2 Å². The number of carbonyl (C=O) groups is 2. The highest BCUT2D eigenvalue weighted by atomic mass is 16.4. The molecule has 1 saturated heterocycles. The van der Waals surface area contributed by atoms with E-state index in [0.717, 1.165) is 56.6 Å². The van der Waals surface area contributed by atoms with Gasteiger partial charge in [-0.05, 0) is 62.9 Å². The summed E-state index contributed by atoms with van der Waals surface area (Å²) in [5.74, 6) is 0.832. The summed E-state index contributed by atoms with van der Waals surface area (Å²) in [6.45, 7) is 3.43. The molecular formula is C26H35N3O3. The Morgan fingerprint density at radius 2 is 1.72 bits per heavy atom. The van der Waals surface area contributed by atoms with Gasteiger partial charge in [-0.2, -0.15) is 0 Å². The van der Waals surface area contributed by atoms with Crippen molar-refractivity contribution in [2.24, 2.45) is 0 Å². The third-order valence-electron chi connectivity index (χ3n) is 6.56. The maximum atomic E-state index is 13.3. The minimum absolute atomic E-state index is 0.0598. The second kappa shape index (κ2) is 11.3. The van der Waals surface area contributed by atoms with Crippen LogP contribution in [0.4, 0.5) is 0 Å². The zero-order chi connectivity index (χ0) is 22.2. The number of benzene rings is 1. The van der Waals surface area contributed by atoms with Crippen molar-refractivity contribution in [1.29, 1.82) is 0 Å². The molecule has 2 aliphatic rings. The zero-order valence-corrected chi connectivity index (χ0v) is 18.9. The first-order chi connectivity index (χ1) is 15.7. The minimum atomic E-state index is -0.215. The van der Waals surface area contributed by atoms with E-state index in [9.17, 15) is 9.59 Å². The molecule has 0 unspecified atom stereocenters. The highest BCUT2D eigenvalue weighted by molar-refractivity contribution is 5.94. The average Bonchev–Trinajstić information content (AvgIpc) is 3.50. The summed E-state index contributed by atoms with van der Waals surface area (Å²) in [4.78, 5) is 30.0. The van der Waals surface area contributed by atoms with Gasteiger partial charge < -0.3 is 14.6 Å². The standard InChI is InChI=1S/C26H35N3O3/c30-25(27-22-11-5-6-12-22)20-29(18-15-21-9-3-1-4-10-21)26(31)24-14-13-23(32-24)19-28-16-7-2-8-17-28/h1,3-4,9-10,13-14,22H,2,5-8,11-12,15-20H2,(H,27,30). The smallest absolute Gasteiger partial charge is 0.290 e. The van der Waals surface area contributed by atoms with Crippen LogP contribution in [0.3, 0.4) is 0 Å². The lowest BCUT2D eigenvalue weighted by molar-refractivity contribution is -0.122. The van der Waals surface area contributed by atoms with Gasteiger partial charge in [0.1, 0.15) is 5.76 Å². The molecule has 172 valence electrons. The molecule has 1 saturated carbocycles.